The van der Waals surface area contributed by atoms with Crippen LogP contribution in [-0.4, -0.2) is 39.6 Å². The number of thiocarbonyl (C=S) groups is 1. The van der Waals surface area contributed by atoms with Crippen LogP contribution in [0.3, 0.4) is 0 Å². The third-order valence-electron chi connectivity index (χ3n) is 6.45. The van der Waals surface area contributed by atoms with Crippen molar-refractivity contribution in [3.8, 4) is 11.3 Å². The van der Waals surface area contributed by atoms with Gasteiger partial charge in [0.15, 0.2) is 0 Å². The van der Waals surface area contributed by atoms with Gasteiger partial charge in [0, 0.05) is 36.0 Å². The zero-order valence-electron chi connectivity index (χ0n) is 19.7. The smallest absolute Gasteiger partial charge is 0.370 e. The lowest BCUT2D eigenvalue weighted by Crippen LogP contribution is -2.31. The molecule has 0 unspecified atom stereocenters. The number of halogens is 3. The largest absolute Gasteiger partial charge is 0.416 e. The number of alkyl halides is 3. The van der Waals surface area contributed by atoms with Gasteiger partial charge in [0.05, 0.1) is 27.6 Å². The molecular formula is C25H26F3N7S. The van der Waals surface area contributed by atoms with Gasteiger partial charge in [-0.1, -0.05) is 18.3 Å². The van der Waals surface area contributed by atoms with Gasteiger partial charge in [0.1, 0.15) is 5.82 Å². The Hall–Kier alpha value is -3.31. The predicted molar refractivity (Wildman–Crippen MR) is 139 cm³/mol. The summed E-state index contributed by atoms with van der Waals surface area (Å²) in [5.74, 6) is 1.78. The van der Waals surface area contributed by atoms with E-state index >= 15 is 0 Å². The molecule has 3 aromatic rings. The maximum atomic E-state index is 13.3. The van der Waals surface area contributed by atoms with E-state index in [1.807, 2.05) is 19.1 Å². The highest BCUT2D eigenvalue weighted by atomic mass is 32.1. The third kappa shape index (κ3) is 5.41. The third-order valence-corrected chi connectivity index (χ3v) is 6.70. The van der Waals surface area contributed by atoms with E-state index in [1.54, 1.807) is 6.20 Å². The van der Waals surface area contributed by atoms with Crippen LogP contribution in [0.15, 0.2) is 36.5 Å². The topological polar surface area (TPSA) is 86.8 Å². The van der Waals surface area contributed by atoms with E-state index in [-0.39, 0.29) is 5.69 Å². The van der Waals surface area contributed by atoms with E-state index in [2.05, 4.69) is 36.2 Å². The molecule has 0 saturated carbocycles. The van der Waals surface area contributed by atoms with Crippen LogP contribution in [0.2, 0.25) is 0 Å². The molecule has 1 fully saturated rings. The Morgan fingerprint density at radius 2 is 1.92 bits per heavy atom. The van der Waals surface area contributed by atoms with Crippen LogP contribution in [-0.2, 0) is 12.6 Å². The summed E-state index contributed by atoms with van der Waals surface area (Å²) in [6.07, 6.45) is -0.155. The van der Waals surface area contributed by atoms with E-state index in [0.29, 0.717) is 34.5 Å². The zero-order valence-corrected chi connectivity index (χ0v) is 20.5. The number of nitrogens with zero attached hydrogens (tertiary/aromatic N) is 3. The molecule has 0 aliphatic carbocycles. The average molecular weight is 514 g/mol. The summed E-state index contributed by atoms with van der Waals surface area (Å²) >= 11 is 5.33. The molecule has 0 radical (unpaired) electrons. The summed E-state index contributed by atoms with van der Waals surface area (Å²) in [6, 6.07) is 7.37. The summed E-state index contributed by atoms with van der Waals surface area (Å²) in [4.78, 5) is 14.1. The van der Waals surface area contributed by atoms with Crippen molar-refractivity contribution < 1.29 is 13.2 Å². The normalized spacial score (nSPS) is 15.9. The van der Waals surface area contributed by atoms with E-state index in [9.17, 15) is 13.2 Å². The van der Waals surface area contributed by atoms with Gasteiger partial charge in [-0.25, -0.2) is 15.0 Å². The Morgan fingerprint density at radius 3 is 2.67 bits per heavy atom. The van der Waals surface area contributed by atoms with Crippen molar-refractivity contribution in [2.75, 3.05) is 35.6 Å². The molecule has 5 rings (SSSR count). The van der Waals surface area contributed by atoms with E-state index in [4.69, 9.17) is 12.2 Å². The molecule has 36 heavy (non-hydrogen) atoms. The average Bonchev–Trinajstić information content (AvgIpc) is 2.99. The number of piperidine rings is 1. The van der Waals surface area contributed by atoms with Gasteiger partial charge >= 0.3 is 6.18 Å². The van der Waals surface area contributed by atoms with Crippen molar-refractivity contribution in [1.82, 2.24) is 20.3 Å². The lowest BCUT2D eigenvalue weighted by atomic mass is 9.98. The van der Waals surface area contributed by atoms with Gasteiger partial charge in [-0.2, -0.15) is 13.2 Å². The molecular weight excluding hydrogens is 487 g/mol. The van der Waals surface area contributed by atoms with Gasteiger partial charge in [0.25, 0.3) is 0 Å². The van der Waals surface area contributed by atoms with E-state index in [0.717, 1.165) is 67.4 Å². The molecule has 0 bridgehead atoms. The Balaban J connectivity index is 1.37. The summed E-state index contributed by atoms with van der Waals surface area (Å²) < 4.78 is 39.8. The van der Waals surface area contributed by atoms with Crippen LogP contribution in [0.5, 0.6) is 0 Å². The van der Waals surface area contributed by atoms with Crippen LogP contribution in [0, 0.1) is 12.8 Å². The molecule has 4 N–H and O–H groups in total. The highest BCUT2D eigenvalue weighted by Gasteiger charge is 2.32. The molecule has 2 aliphatic heterocycles. The second kappa shape index (κ2) is 9.98. The second-order valence-corrected chi connectivity index (χ2v) is 9.57. The number of pyridine rings is 1. The SMILES string of the molecule is Cc1nc(NCC2CCNCC2)ccc1Nc1ncc2c(n1)-c1ccc(C(F)(F)F)cc1NC(=S)C2. The number of benzene rings is 1. The maximum absolute atomic E-state index is 13.3. The number of aryl methyl sites for hydroxylation is 1. The van der Waals surface area contributed by atoms with E-state index < -0.39 is 11.7 Å². The summed E-state index contributed by atoms with van der Waals surface area (Å²) in [5, 5.41) is 12.9. The second-order valence-electron chi connectivity index (χ2n) is 9.08. The van der Waals surface area contributed by atoms with Crippen molar-refractivity contribution in [3.05, 3.63) is 53.3 Å². The lowest BCUT2D eigenvalue weighted by Gasteiger charge is -2.23. The summed E-state index contributed by atoms with van der Waals surface area (Å²) in [7, 11) is 0. The number of hydrogen-bond acceptors (Lipinski definition) is 7. The minimum absolute atomic E-state index is 0.278. The van der Waals surface area contributed by atoms with Crippen LogP contribution < -0.4 is 21.3 Å². The van der Waals surface area contributed by atoms with Gasteiger partial charge in [0.2, 0.25) is 5.95 Å². The van der Waals surface area contributed by atoms with Crippen LogP contribution in [0.25, 0.3) is 11.3 Å². The molecule has 2 aromatic heterocycles. The molecule has 11 heteroatoms. The van der Waals surface area contributed by atoms with Crippen LogP contribution in [0.1, 0.15) is 29.7 Å². The fourth-order valence-electron chi connectivity index (χ4n) is 4.47. The van der Waals surface area contributed by atoms with Crippen molar-refractivity contribution in [2.45, 2.75) is 32.4 Å². The lowest BCUT2D eigenvalue weighted by molar-refractivity contribution is -0.137. The van der Waals surface area contributed by atoms with Gasteiger partial charge < -0.3 is 21.3 Å². The fraction of sp³-hybridized carbons (Fsp3) is 0.360. The van der Waals surface area contributed by atoms with Crippen molar-refractivity contribution >= 4 is 40.3 Å². The van der Waals surface area contributed by atoms with E-state index in [1.165, 1.54) is 6.07 Å². The summed E-state index contributed by atoms with van der Waals surface area (Å²) in [6.45, 7) is 4.90. The standard InChI is InChI=1S/C25H26F3N7S/c1-14-19(4-5-21(32-14)30-12-15-6-8-29-9-7-15)34-24-31-13-16-10-22(36)33-20-11-17(25(26,27)28)2-3-18(20)23(16)35-24/h2-5,11,13,15,29H,6-10,12H2,1H3,(H,30,32)(H,33,36)(H,31,34,35). The van der Waals surface area contributed by atoms with Crippen molar-refractivity contribution in [2.24, 2.45) is 5.92 Å². The quantitative estimate of drug-likeness (QED) is 0.341. The highest BCUT2D eigenvalue weighted by Crippen LogP contribution is 2.38. The Labute approximate surface area is 212 Å². The monoisotopic (exact) mass is 513 g/mol. The number of aromatic nitrogens is 3. The van der Waals surface area contributed by atoms with Gasteiger partial charge in [-0.3, -0.25) is 0 Å². The molecule has 0 spiro atoms. The molecule has 1 aromatic carbocycles. The Morgan fingerprint density at radius 1 is 1.11 bits per heavy atom. The first kappa shape index (κ1) is 24.4. The minimum atomic E-state index is -4.45. The van der Waals surface area contributed by atoms with Gasteiger partial charge in [-0.15, -0.1) is 0 Å². The highest BCUT2D eigenvalue weighted by molar-refractivity contribution is 7.80. The first-order chi connectivity index (χ1) is 17.3. The maximum Gasteiger partial charge on any atom is 0.416 e. The number of anilines is 4. The van der Waals surface area contributed by atoms with Gasteiger partial charge in [-0.05, 0) is 63.0 Å². The first-order valence-corrected chi connectivity index (χ1v) is 12.2. The molecule has 2 aliphatic rings. The molecule has 0 amide bonds. The molecule has 4 heterocycles. The molecule has 188 valence electrons. The Kier molecular flexibility index (Phi) is 6.76. The number of nitrogens with one attached hydrogen (secondary N) is 4. The number of hydrogen-bond donors (Lipinski definition) is 4. The molecule has 0 atom stereocenters. The predicted octanol–water partition coefficient (Wildman–Crippen LogP) is 5.32. The Bertz CT molecular complexity index is 1290. The first-order valence-electron chi connectivity index (χ1n) is 11.8. The summed E-state index contributed by atoms with van der Waals surface area (Å²) in [5.41, 5.74) is 2.87. The van der Waals surface area contributed by atoms with Crippen molar-refractivity contribution in [1.29, 1.82) is 0 Å². The van der Waals surface area contributed by atoms with Crippen LogP contribution in [0.4, 0.5) is 36.3 Å². The molecule has 7 nitrogen and oxygen atoms in total. The van der Waals surface area contributed by atoms with Crippen molar-refractivity contribution in [3.63, 3.8) is 0 Å². The number of fused-ring (bicyclic) bond motifs is 3. The minimum Gasteiger partial charge on any atom is -0.370 e. The molecule has 1 saturated heterocycles. The number of rotatable bonds is 5. The fourth-order valence-corrected chi connectivity index (χ4v) is 4.74. The zero-order chi connectivity index (χ0) is 25.3. The van der Waals surface area contributed by atoms with Crippen LogP contribution >= 0.6 is 12.2 Å².